The number of hydrogen-bond acceptors (Lipinski definition) is 2. The Bertz CT molecular complexity index is 171. The van der Waals surface area contributed by atoms with Crippen molar-refractivity contribution in [2.75, 3.05) is 5.75 Å². The van der Waals surface area contributed by atoms with E-state index in [1.54, 1.807) is 6.08 Å². The third kappa shape index (κ3) is 3.81. The third-order valence-corrected chi connectivity index (χ3v) is 3.31. The van der Waals surface area contributed by atoms with Gasteiger partial charge in [-0.1, -0.05) is 12.2 Å². The number of aliphatic carboxylic acids is 1. The van der Waals surface area contributed by atoms with Gasteiger partial charge in [0.15, 0.2) is 0 Å². The van der Waals surface area contributed by atoms with Crippen LogP contribution in [0, 0.1) is 0 Å². The number of thioether (sulfide) groups is 1. The Balaban J connectivity index is 2.07. The number of carboxylic acids is 1. The molecule has 0 bridgehead atoms. The van der Waals surface area contributed by atoms with Gasteiger partial charge in [0, 0.05) is 5.25 Å². The van der Waals surface area contributed by atoms with E-state index < -0.39 is 5.97 Å². The van der Waals surface area contributed by atoms with Crippen molar-refractivity contribution >= 4 is 17.7 Å². The second-order valence-electron chi connectivity index (χ2n) is 2.94. The molecule has 0 amide bonds. The summed E-state index contributed by atoms with van der Waals surface area (Å²) in [6.07, 6.45) is 7.57. The normalized spacial score (nSPS) is 23.5. The Hall–Kier alpha value is -0.440. The maximum atomic E-state index is 10.1. The van der Waals surface area contributed by atoms with Crippen molar-refractivity contribution in [3.05, 3.63) is 12.2 Å². The summed E-state index contributed by atoms with van der Waals surface area (Å²) in [4.78, 5) is 10.1. The quantitative estimate of drug-likeness (QED) is 0.684. The number of carboxylic acid groups (broad SMARTS) is 1. The second kappa shape index (κ2) is 5.25. The minimum absolute atomic E-state index is 0.164. The monoisotopic (exact) mass is 186 g/mol. The molecule has 2 nitrogen and oxygen atoms in total. The van der Waals surface area contributed by atoms with Crippen molar-refractivity contribution in [2.24, 2.45) is 0 Å². The number of allylic oxidation sites excluding steroid dienone is 1. The first-order valence-electron chi connectivity index (χ1n) is 4.27. The van der Waals surface area contributed by atoms with Crippen LogP contribution in [-0.4, -0.2) is 22.1 Å². The van der Waals surface area contributed by atoms with E-state index in [0.717, 1.165) is 11.7 Å². The zero-order valence-electron chi connectivity index (χ0n) is 7.03. The summed E-state index contributed by atoms with van der Waals surface area (Å²) in [5.41, 5.74) is 0. The van der Waals surface area contributed by atoms with Gasteiger partial charge in [0.05, 0.1) is 6.42 Å². The van der Waals surface area contributed by atoms with Gasteiger partial charge in [0.25, 0.3) is 0 Å². The maximum Gasteiger partial charge on any atom is 0.307 e. The van der Waals surface area contributed by atoms with Gasteiger partial charge in [0.1, 0.15) is 0 Å². The van der Waals surface area contributed by atoms with Crippen LogP contribution in [0.3, 0.4) is 0 Å². The largest absolute Gasteiger partial charge is 0.481 e. The summed E-state index contributed by atoms with van der Waals surface area (Å²) < 4.78 is 0. The van der Waals surface area contributed by atoms with Crippen LogP contribution in [0.15, 0.2) is 12.2 Å². The predicted octanol–water partition coefficient (Wildman–Crippen LogP) is 2.30. The predicted molar refractivity (Wildman–Crippen MR) is 51.5 cm³/mol. The fraction of sp³-hybridized carbons (Fsp3) is 0.667. The Morgan fingerprint density at radius 1 is 1.58 bits per heavy atom. The molecule has 1 unspecified atom stereocenters. The topological polar surface area (TPSA) is 37.3 Å². The lowest BCUT2D eigenvalue weighted by Crippen LogP contribution is -1.94. The Morgan fingerprint density at radius 3 is 3.00 bits per heavy atom. The average molecular weight is 186 g/mol. The van der Waals surface area contributed by atoms with Gasteiger partial charge < -0.3 is 5.11 Å². The second-order valence-corrected chi connectivity index (χ2v) is 4.35. The zero-order valence-corrected chi connectivity index (χ0v) is 7.85. The minimum Gasteiger partial charge on any atom is -0.481 e. The van der Waals surface area contributed by atoms with Crippen molar-refractivity contribution in [1.29, 1.82) is 0 Å². The molecule has 1 heterocycles. The minimum atomic E-state index is -0.745. The van der Waals surface area contributed by atoms with E-state index in [2.05, 4.69) is 0 Å². The van der Waals surface area contributed by atoms with Crippen LogP contribution >= 0.6 is 11.8 Å². The molecule has 0 radical (unpaired) electrons. The molecule has 1 aliphatic heterocycles. The van der Waals surface area contributed by atoms with Crippen LogP contribution in [0.2, 0.25) is 0 Å². The number of hydrogen-bond donors (Lipinski definition) is 1. The summed E-state index contributed by atoms with van der Waals surface area (Å²) >= 11 is 2.00. The summed E-state index contributed by atoms with van der Waals surface area (Å²) in [6, 6.07) is 0. The van der Waals surface area contributed by atoms with Gasteiger partial charge in [0.2, 0.25) is 0 Å². The van der Waals surface area contributed by atoms with E-state index in [4.69, 9.17) is 5.11 Å². The lowest BCUT2D eigenvalue weighted by Gasteiger charge is -2.01. The Kier molecular flexibility index (Phi) is 4.22. The van der Waals surface area contributed by atoms with E-state index in [1.807, 2.05) is 17.8 Å². The fourth-order valence-corrected chi connectivity index (χ4v) is 2.51. The molecule has 0 aromatic heterocycles. The van der Waals surface area contributed by atoms with E-state index >= 15 is 0 Å². The molecule has 3 heteroatoms. The first-order chi connectivity index (χ1) is 5.79. The molecule has 0 aliphatic carbocycles. The lowest BCUT2D eigenvalue weighted by atomic mass is 10.2. The molecular formula is C9H14O2S. The lowest BCUT2D eigenvalue weighted by molar-refractivity contribution is -0.136. The summed E-state index contributed by atoms with van der Waals surface area (Å²) in [5.74, 6) is 0.530. The molecule has 0 aromatic carbocycles. The molecule has 68 valence electrons. The standard InChI is InChI=1S/C9H14O2S/c10-9(11)6-2-1-4-8-5-3-7-12-8/h1-2,8H,3-7H2,(H,10,11)/b2-1-. The van der Waals surface area contributed by atoms with Crippen LogP contribution in [0.25, 0.3) is 0 Å². The summed E-state index contributed by atoms with van der Waals surface area (Å²) in [7, 11) is 0. The van der Waals surface area contributed by atoms with Crippen LogP contribution in [0.1, 0.15) is 25.7 Å². The van der Waals surface area contributed by atoms with Crippen LogP contribution < -0.4 is 0 Å². The first-order valence-corrected chi connectivity index (χ1v) is 5.32. The van der Waals surface area contributed by atoms with E-state index in [-0.39, 0.29) is 6.42 Å². The maximum absolute atomic E-state index is 10.1. The highest BCUT2D eigenvalue weighted by atomic mass is 32.2. The number of rotatable bonds is 4. The van der Waals surface area contributed by atoms with Crippen molar-refractivity contribution in [2.45, 2.75) is 30.9 Å². The molecule has 1 N–H and O–H groups in total. The smallest absolute Gasteiger partial charge is 0.307 e. The van der Waals surface area contributed by atoms with Crippen molar-refractivity contribution in [3.8, 4) is 0 Å². The molecule has 1 saturated heterocycles. The zero-order chi connectivity index (χ0) is 8.81. The van der Waals surface area contributed by atoms with Gasteiger partial charge in [-0.25, -0.2) is 0 Å². The van der Waals surface area contributed by atoms with Crippen molar-refractivity contribution < 1.29 is 9.90 Å². The van der Waals surface area contributed by atoms with Gasteiger partial charge in [-0.05, 0) is 25.0 Å². The van der Waals surface area contributed by atoms with Crippen molar-refractivity contribution in [3.63, 3.8) is 0 Å². The summed E-state index contributed by atoms with van der Waals surface area (Å²) in [5, 5.41) is 9.09. The molecular weight excluding hydrogens is 172 g/mol. The molecule has 1 aliphatic rings. The van der Waals surface area contributed by atoms with E-state index in [1.165, 1.54) is 18.6 Å². The molecule has 1 rings (SSSR count). The van der Waals surface area contributed by atoms with E-state index in [0.29, 0.717) is 0 Å². The van der Waals surface area contributed by atoms with E-state index in [9.17, 15) is 4.79 Å². The highest BCUT2D eigenvalue weighted by Crippen LogP contribution is 2.28. The van der Waals surface area contributed by atoms with Gasteiger partial charge in [-0.3, -0.25) is 4.79 Å². The van der Waals surface area contributed by atoms with Crippen LogP contribution in [0.4, 0.5) is 0 Å². The highest BCUT2D eigenvalue weighted by molar-refractivity contribution is 8.00. The van der Waals surface area contributed by atoms with Crippen molar-refractivity contribution in [1.82, 2.24) is 0 Å². The molecule has 0 saturated carbocycles. The molecule has 0 spiro atoms. The molecule has 0 aromatic rings. The Morgan fingerprint density at radius 2 is 2.42 bits per heavy atom. The van der Waals surface area contributed by atoms with Crippen LogP contribution in [0.5, 0.6) is 0 Å². The van der Waals surface area contributed by atoms with Gasteiger partial charge in [-0.2, -0.15) is 11.8 Å². The molecule has 12 heavy (non-hydrogen) atoms. The summed E-state index contributed by atoms with van der Waals surface area (Å²) in [6.45, 7) is 0. The Labute approximate surface area is 77.0 Å². The SMILES string of the molecule is O=C(O)C/C=C\CC1CCCS1. The molecule has 1 atom stereocenters. The number of carbonyl (C=O) groups is 1. The average Bonchev–Trinajstić information content (AvgIpc) is 2.49. The third-order valence-electron chi connectivity index (χ3n) is 1.88. The van der Waals surface area contributed by atoms with Gasteiger partial charge in [-0.15, -0.1) is 0 Å². The molecule has 1 fully saturated rings. The van der Waals surface area contributed by atoms with Gasteiger partial charge >= 0.3 is 5.97 Å². The van der Waals surface area contributed by atoms with Crippen LogP contribution in [-0.2, 0) is 4.79 Å². The highest BCUT2D eigenvalue weighted by Gasteiger charge is 2.12. The first kappa shape index (κ1) is 9.65. The fourth-order valence-electron chi connectivity index (χ4n) is 1.26.